The SMILES string of the molecule is CCN(Cc1cnc(N)cn1)C1CCCC1. The molecule has 0 aromatic carbocycles. The van der Waals surface area contributed by atoms with E-state index in [9.17, 15) is 0 Å². The van der Waals surface area contributed by atoms with Gasteiger partial charge in [0.25, 0.3) is 0 Å². The third-order valence-corrected chi connectivity index (χ3v) is 3.34. The molecule has 1 aliphatic rings. The lowest BCUT2D eigenvalue weighted by Crippen LogP contribution is -2.32. The first-order chi connectivity index (χ1) is 7.79. The lowest BCUT2D eigenvalue weighted by atomic mass is 10.2. The Morgan fingerprint density at radius 2 is 2.06 bits per heavy atom. The van der Waals surface area contributed by atoms with E-state index < -0.39 is 0 Å². The third-order valence-electron chi connectivity index (χ3n) is 3.34. The van der Waals surface area contributed by atoms with Crippen molar-refractivity contribution in [1.82, 2.24) is 14.9 Å². The second-order valence-electron chi connectivity index (χ2n) is 4.43. The smallest absolute Gasteiger partial charge is 0.141 e. The van der Waals surface area contributed by atoms with E-state index in [2.05, 4.69) is 21.8 Å². The van der Waals surface area contributed by atoms with Crippen molar-refractivity contribution in [3.63, 3.8) is 0 Å². The largest absolute Gasteiger partial charge is 0.382 e. The molecule has 0 aliphatic heterocycles. The molecule has 4 heteroatoms. The summed E-state index contributed by atoms with van der Waals surface area (Å²) in [5.74, 6) is 0.493. The molecule has 16 heavy (non-hydrogen) atoms. The van der Waals surface area contributed by atoms with Gasteiger partial charge in [0.05, 0.1) is 18.1 Å². The molecule has 1 aliphatic carbocycles. The molecule has 2 rings (SSSR count). The molecule has 0 radical (unpaired) electrons. The van der Waals surface area contributed by atoms with Crippen LogP contribution in [0.15, 0.2) is 12.4 Å². The Hall–Kier alpha value is -1.16. The minimum atomic E-state index is 0.493. The summed E-state index contributed by atoms with van der Waals surface area (Å²) in [5.41, 5.74) is 6.54. The lowest BCUT2D eigenvalue weighted by Gasteiger charge is -2.26. The van der Waals surface area contributed by atoms with Gasteiger partial charge in [-0.2, -0.15) is 0 Å². The van der Waals surface area contributed by atoms with Gasteiger partial charge in [-0.3, -0.25) is 9.88 Å². The van der Waals surface area contributed by atoms with E-state index in [0.717, 1.165) is 24.8 Å². The van der Waals surface area contributed by atoms with Crippen molar-refractivity contribution in [3.05, 3.63) is 18.1 Å². The summed E-state index contributed by atoms with van der Waals surface area (Å²) in [6, 6.07) is 0.740. The summed E-state index contributed by atoms with van der Waals surface area (Å²) in [6.07, 6.45) is 8.82. The van der Waals surface area contributed by atoms with Crippen LogP contribution in [-0.4, -0.2) is 27.5 Å². The summed E-state index contributed by atoms with van der Waals surface area (Å²) < 4.78 is 0. The number of anilines is 1. The Kier molecular flexibility index (Phi) is 3.72. The van der Waals surface area contributed by atoms with E-state index in [1.807, 2.05) is 0 Å². The highest BCUT2D eigenvalue weighted by Gasteiger charge is 2.21. The van der Waals surface area contributed by atoms with E-state index in [4.69, 9.17) is 5.73 Å². The molecule has 0 unspecified atom stereocenters. The molecule has 0 bridgehead atoms. The second kappa shape index (κ2) is 5.25. The molecule has 0 amide bonds. The van der Waals surface area contributed by atoms with Crippen molar-refractivity contribution in [2.75, 3.05) is 12.3 Å². The Balaban J connectivity index is 1.97. The molecule has 0 atom stereocenters. The number of rotatable bonds is 4. The molecule has 1 heterocycles. The topological polar surface area (TPSA) is 55.0 Å². The summed E-state index contributed by atoms with van der Waals surface area (Å²) in [4.78, 5) is 10.9. The van der Waals surface area contributed by atoms with Crippen molar-refractivity contribution in [2.45, 2.75) is 45.2 Å². The lowest BCUT2D eigenvalue weighted by molar-refractivity contribution is 0.198. The predicted octanol–water partition coefficient (Wildman–Crippen LogP) is 1.82. The third kappa shape index (κ3) is 2.70. The summed E-state index contributed by atoms with van der Waals surface area (Å²) in [7, 11) is 0. The minimum absolute atomic E-state index is 0.493. The fourth-order valence-electron chi connectivity index (χ4n) is 2.42. The fourth-order valence-corrected chi connectivity index (χ4v) is 2.42. The van der Waals surface area contributed by atoms with Gasteiger partial charge in [0, 0.05) is 12.6 Å². The molecule has 1 fully saturated rings. The van der Waals surface area contributed by atoms with Gasteiger partial charge in [0.15, 0.2) is 0 Å². The van der Waals surface area contributed by atoms with Crippen LogP contribution in [0.25, 0.3) is 0 Å². The van der Waals surface area contributed by atoms with Crippen LogP contribution < -0.4 is 5.73 Å². The van der Waals surface area contributed by atoms with Crippen LogP contribution >= 0.6 is 0 Å². The zero-order chi connectivity index (χ0) is 11.4. The second-order valence-corrected chi connectivity index (χ2v) is 4.43. The molecule has 1 aromatic rings. The molecule has 88 valence electrons. The van der Waals surface area contributed by atoms with Crippen LogP contribution in [0.3, 0.4) is 0 Å². The highest BCUT2D eigenvalue weighted by Crippen LogP contribution is 2.24. The molecule has 0 saturated heterocycles. The van der Waals surface area contributed by atoms with Crippen LogP contribution in [0, 0.1) is 0 Å². The molecular weight excluding hydrogens is 200 g/mol. The Bertz CT molecular complexity index is 316. The van der Waals surface area contributed by atoms with Crippen molar-refractivity contribution < 1.29 is 0 Å². The maximum absolute atomic E-state index is 5.52. The number of hydrogen-bond donors (Lipinski definition) is 1. The number of hydrogen-bond acceptors (Lipinski definition) is 4. The zero-order valence-corrected chi connectivity index (χ0v) is 9.89. The number of nitrogen functional groups attached to an aromatic ring is 1. The highest BCUT2D eigenvalue weighted by atomic mass is 15.2. The van der Waals surface area contributed by atoms with Crippen LogP contribution in [0.5, 0.6) is 0 Å². The van der Waals surface area contributed by atoms with Crippen LogP contribution in [0.2, 0.25) is 0 Å². The quantitative estimate of drug-likeness (QED) is 0.841. The van der Waals surface area contributed by atoms with Crippen LogP contribution in [-0.2, 0) is 6.54 Å². The van der Waals surface area contributed by atoms with E-state index in [1.54, 1.807) is 12.4 Å². The van der Waals surface area contributed by atoms with E-state index >= 15 is 0 Å². The Labute approximate surface area is 96.9 Å². The molecule has 0 spiro atoms. The normalized spacial score (nSPS) is 17.1. The van der Waals surface area contributed by atoms with Crippen LogP contribution in [0.4, 0.5) is 5.82 Å². The number of nitrogens with two attached hydrogens (primary N) is 1. The molecule has 2 N–H and O–H groups in total. The zero-order valence-electron chi connectivity index (χ0n) is 9.89. The molecular formula is C12H20N4. The van der Waals surface area contributed by atoms with Gasteiger partial charge >= 0.3 is 0 Å². The van der Waals surface area contributed by atoms with Gasteiger partial charge < -0.3 is 5.73 Å². The van der Waals surface area contributed by atoms with Gasteiger partial charge in [0.1, 0.15) is 5.82 Å². The van der Waals surface area contributed by atoms with Crippen molar-refractivity contribution in [3.8, 4) is 0 Å². The highest BCUT2D eigenvalue weighted by molar-refractivity contribution is 5.22. The van der Waals surface area contributed by atoms with Crippen LogP contribution in [0.1, 0.15) is 38.3 Å². The summed E-state index contributed by atoms with van der Waals surface area (Å²) in [5, 5.41) is 0. The van der Waals surface area contributed by atoms with Gasteiger partial charge in [-0.25, -0.2) is 4.98 Å². The number of aromatic nitrogens is 2. The van der Waals surface area contributed by atoms with Gasteiger partial charge in [-0.05, 0) is 19.4 Å². The first-order valence-electron chi connectivity index (χ1n) is 6.10. The Morgan fingerprint density at radius 3 is 2.62 bits per heavy atom. The molecule has 1 saturated carbocycles. The van der Waals surface area contributed by atoms with E-state index in [1.165, 1.54) is 25.7 Å². The maximum Gasteiger partial charge on any atom is 0.141 e. The first kappa shape index (κ1) is 11.3. The molecule has 1 aromatic heterocycles. The summed E-state index contributed by atoms with van der Waals surface area (Å²) >= 11 is 0. The Morgan fingerprint density at radius 1 is 1.31 bits per heavy atom. The fraction of sp³-hybridized carbons (Fsp3) is 0.667. The monoisotopic (exact) mass is 220 g/mol. The predicted molar refractivity (Wildman–Crippen MR) is 64.8 cm³/mol. The van der Waals surface area contributed by atoms with Gasteiger partial charge in [0.2, 0.25) is 0 Å². The average Bonchev–Trinajstić information content (AvgIpc) is 2.82. The first-order valence-corrected chi connectivity index (χ1v) is 6.10. The standard InChI is InChI=1S/C12H20N4/c1-2-16(11-5-3-4-6-11)9-10-7-15-12(13)8-14-10/h7-8,11H,2-6,9H2,1H3,(H2,13,15). The number of nitrogens with zero attached hydrogens (tertiary/aromatic N) is 3. The van der Waals surface area contributed by atoms with Crippen molar-refractivity contribution >= 4 is 5.82 Å². The van der Waals surface area contributed by atoms with E-state index in [-0.39, 0.29) is 0 Å². The van der Waals surface area contributed by atoms with Gasteiger partial charge in [-0.15, -0.1) is 0 Å². The van der Waals surface area contributed by atoms with Crippen molar-refractivity contribution in [1.29, 1.82) is 0 Å². The maximum atomic E-state index is 5.52. The van der Waals surface area contributed by atoms with Gasteiger partial charge in [-0.1, -0.05) is 19.8 Å². The van der Waals surface area contributed by atoms with E-state index in [0.29, 0.717) is 5.82 Å². The molecule has 4 nitrogen and oxygen atoms in total. The van der Waals surface area contributed by atoms with Crippen molar-refractivity contribution in [2.24, 2.45) is 0 Å². The average molecular weight is 220 g/mol. The summed E-state index contributed by atoms with van der Waals surface area (Å²) in [6.45, 7) is 4.19. The minimum Gasteiger partial charge on any atom is -0.382 e.